The lowest BCUT2D eigenvalue weighted by atomic mass is 9.88. The summed E-state index contributed by atoms with van der Waals surface area (Å²) in [5, 5.41) is 0. The van der Waals surface area contributed by atoms with Crippen molar-refractivity contribution in [2.75, 3.05) is 20.1 Å². The van der Waals surface area contributed by atoms with E-state index in [0.717, 1.165) is 24.8 Å². The van der Waals surface area contributed by atoms with Crippen LogP contribution < -0.4 is 5.73 Å². The van der Waals surface area contributed by atoms with Gasteiger partial charge in [-0.2, -0.15) is 0 Å². The van der Waals surface area contributed by atoms with Crippen molar-refractivity contribution in [1.82, 2.24) is 4.90 Å². The highest BCUT2D eigenvalue weighted by Crippen LogP contribution is 2.38. The molecule has 0 bridgehead atoms. The Balaban J connectivity index is 2.12. The molecular formula is C13H26N2S. The zero-order valence-electron chi connectivity index (χ0n) is 11.1. The lowest BCUT2D eigenvalue weighted by Gasteiger charge is -2.24. The van der Waals surface area contributed by atoms with E-state index in [0.29, 0.717) is 4.99 Å². The summed E-state index contributed by atoms with van der Waals surface area (Å²) >= 11 is 5.07. The molecule has 3 heteroatoms. The zero-order valence-corrected chi connectivity index (χ0v) is 11.9. The van der Waals surface area contributed by atoms with Gasteiger partial charge in [-0.05, 0) is 44.7 Å². The minimum Gasteiger partial charge on any atom is -0.393 e. The second kappa shape index (κ2) is 5.46. The Morgan fingerprint density at radius 2 is 2.06 bits per heavy atom. The van der Waals surface area contributed by atoms with E-state index in [1.54, 1.807) is 0 Å². The van der Waals surface area contributed by atoms with Crippen molar-refractivity contribution in [3.8, 4) is 0 Å². The maximum atomic E-state index is 5.71. The molecule has 0 aromatic carbocycles. The molecule has 0 amide bonds. The van der Waals surface area contributed by atoms with E-state index in [9.17, 15) is 0 Å². The number of hydrogen-bond donors (Lipinski definition) is 1. The van der Waals surface area contributed by atoms with Crippen molar-refractivity contribution in [3.05, 3.63) is 0 Å². The van der Waals surface area contributed by atoms with Crippen LogP contribution in [0.2, 0.25) is 0 Å². The Labute approximate surface area is 106 Å². The minimum absolute atomic E-state index is 0.0169. The first-order valence-corrected chi connectivity index (χ1v) is 6.72. The molecule has 2 unspecified atom stereocenters. The Kier molecular flexibility index (Phi) is 4.74. The summed E-state index contributed by atoms with van der Waals surface area (Å²) in [6.45, 7) is 9.04. The van der Waals surface area contributed by atoms with Gasteiger partial charge in [0.2, 0.25) is 0 Å². The molecule has 0 radical (unpaired) electrons. The molecule has 0 aromatic heterocycles. The maximum absolute atomic E-state index is 5.71. The number of rotatable bonds is 7. The summed E-state index contributed by atoms with van der Waals surface area (Å²) < 4.78 is 0. The monoisotopic (exact) mass is 242 g/mol. The van der Waals surface area contributed by atoms with Crippen LogP contribution >= 0.6 is 12.2 Å². The van der Waals surface area contributed by atoms with Crippen LogP contribution in [0.5, 0.6) is 0 Å². The average molecular weight is 242 g/mol. The molecule has 0 heterocycles. The SMILES string of the molecule is CC1CC1CN(C)CCCC(C)(C)C(N)=S. The molecule has 1 aliphatic rings. The van der Waals surface area contributed by atoms with Crippen molar-refractivity contribution < 1.29 is 0 Å². The van der Waals surface area contributed by atoms with Gasteiger partial charge in [0.25, 0.3) is 0 Å². The molecular weight excluding hydrogens is 216 g/mol. The van der Waals surface area contributed by atoms with Crippen LogP contribution in [0.15, 0.2) is 0 Å². The van der Waals surface area contributed by atoms with Crippen molar-refractivity contribution in [2.45, 2.75) is 40.0 Å². The van der Waals surface area contributed by atoms with Gasteiger partial charge in [0.15, 0.2) is 0 Å². The summed E-state index contributed by atoms with van der Waals surface area (Å²) in [7, 11) is 2.22. The highest BCUT2D eigenvalue weighted by atomic mass is 32.1. The van der Waals surface area contributed by atoms with Gasteiger partial charge in [-0.25, -0.2) is 0 Å². The van der Waals surface area contributed by atoms with Gasteiger partial charge in [-0.3, -0.25) is 0 Å². The van der Waals surface area contributed by atoms with Crippen LogP contribution in [0.3, 0.4) is 0 Å². The van der Waals surface area contributed by atoms with E-state index >= 15 is 0 Å². The van der Waals surface area contributed by atoms with Crippen LogP contribution in [0, 0.1) is 17.3 Å². The van der Waals surface area contributed by atoms with Crippen molar-refractivity contribution in [3.63, 3.8) is 0 Å². The van der Waals surface area contributed by atoms with Gasteiger partial charge in [0.05, 0.1) is 4.99 Å². The molecule has 0 aromatic rings. The molecule has 0 spiro atoms. The van der Waals surface area contributed by atoms with Gasteiger partial charge < -0.3 is 10.6 Å². The van der Waals surface area contributed by atoms with Gasteiger partial charge in [-0.15, -0.1) is 0 Å². The fraction of sp³-hybridized carbons (Fsp3) is 0.923. The Morgan fingerprint density at radius 3 is 2.50 bits per heavy atom. The van der Waals surface area contributed by atoms with E-state index in [1.165, 1.54) is 19.4 Å². The van der Waals surface area contributed by atoms with E-state index in [4.69, 9.17) is 18.0 Å². The van der Waals surface area contributed by atoms with E-state index in [-0.39, 0.29) is 5.41 Å². The highest BCUT2D eigenvalue weighted by Gasteiger charge is 2.33. The van der Waals surface area contributed by atoms with Crippen molar-refractivity contribution >= 4 is 17.2 Å². The zero-order chi connectivity index (χ0) is 12.3. The largest absolute Gasteiger partial charge is 0.393 e. The normalized spacial score (nSPS) is 24.8. The molecule has 2 nitrogen and oxygen atoms in total. The molecule has 1 fully saturated rings. The topological polar surface area (TPSA) is 29.3 Å². The third kappa shape index (κ3) is 4.38. The van der Waals surface area contributed by atoms with Gasteiger partial charge >= 0.3 is 0 Å². The summed E-state index contributed by atoms with van der Waals surface area (Å²) in [5.41, 5.74) is 5.73. The summed E-state index contributed by atoms with van der Waals surface area (Å²) in [6.07, 6.45) is 3.69. The van der Waals surface area contributed by atoms with Gasteiger partial charge in [0.1, 0.15) is 0 Å². The second-order valence-corrected chi connectivity index (χ2v) is 6.53. The number of thiocarbonyl (C=S) groups is 1. The van der Waals surface area contributed by atoms with Crippen LogP contribution in [-0.2, 0) is 0 Å². The van der Waals surface area contributed by atoms with E-state index in [2.05, 4.69) is 32.7 Å². The smallest absolute Gasteiger partial charge is 0.0784 e. The first kappa shape index (κ1) is 13.9. The Hall–Kier alpha value is -0.150. The molecule has 0 saturated heterocycles. The van der Waals surface area contributed by atoms with Gasteiger partial charge in [-0.1, -0.05) is 33.0 Å². The van der Waals surface area contributed by atoms with Crippen molar-refractivity contribution in [2.24, 2.45) is 23.0 Å². The number of nitrogens with two attached hydrogens (primary N) is 1. The molecule has 1 aliphatic carbocycles. The third-order valence-corrected chi connectivity index (χ3v) is 4.38. The quantitative estimate of drug-likeness (QED) is 0.696. The van der Waals surface area contributed by atoms with Crippen LogP contribution in [0.25, 0.3) is 0 Å². The maximum Gasteiger partial charge on any atom is 0.0784 e. The van der Waals surface area contributed by atoms with Crippen LogP contribution in [0.4, 0.5) is 0 Å². The standard InChI is InChI=1S/C13H26N2S/c1-10-8-11(10)9-15(4)7-5-6-13(2,3)12(14)16/h10-11H,5-9H2,1-4H3,(H2,14,16). The van der Waals surface area contributed by atoms with Crippen LogP contribution in [0.1, 0.15) is 40.0 Å². The lowest BCUT2D eigenvalue weighted by molar-refractivity contribution is 0.293. The fourth-order valence-corrected chi connectivity index (χ4v) is 2.16. The highest BCUT2D eigenvalue weighted by molar-refractivity contribution is 7.80. The minimum atomic E-state index is 0.0169. The fourth-order valence-electron chi connectivity index (χ4n) is 2.06. The van der Waals surface area contributed by atoms with Gasteiger partial charge in [0, 0.05) is 12.0 Å². The second-order valence-electron chi connectivity index (χ2n) is 6.09. The van der Waals surface area contributed by atoms with Crippen LogP contribution in [-0.4, -0.2) is 30.0 Å². The third-order valence-electron chi connectivity index (χ3n) is 3.83. The number of nitrogens with zero attached hydrogens (tertiary/aromatic N) is 1. The summed E-state index contributed by atoms with van der Waals surface area (Å²) in [6, 6.07) is 0. The first-order valence-electron chi connectivity index (χ1n) is 6.31. The molecule has 2 N–H and O–H groups in total. The molecule has 1 saturated carbocycles. The van der Waals surface area contributed by atoms with E-state index in [1.807, 2.05) is 0 Å². The molecule has 2 atom stereocenters. The Bertz CT molecular complexity index is 250. The first-order chi connectivity index (χ1) is 7.33. The summed E-state index contributed by atoms with van der Waals surface area (Å²) in [4.78, 5) is 3.09. The molecule has 16 heavy (non-hydrogen) atoms. The Morgan fingerprint density at radius 1 is 1.50 bits per heavy atom. The predicted octanol–water partition coefficient (Wildman–Crippen LogP) is 2.67. The molecule has 0 aliphatic heterocycles. The van der Waals surface area contributed by atoms with E-state index < -0.39 is 0 Å². The molecule has 94 valence electrons. The lowest BCUT2D eigenvalue weighted by Crippen LogP contribution is -2.31. The van der Waals surface area contributed by atoms with Crippen molar-refractivity contribution in [1.29, 1.82) is 0 Å². The molecule has 1 rings (SSSR count). The average Bonchev–Trinajstić information content (AvgIpc) is 2.80. The number of hydrogen-bond acceptors (Lipinski definition) is 2. The predicted molar refractivity (Wildman–Crippen MR) is 74.6 cm³/mol. The summed E-state index contributed by atoms with van der Waals surface area (Å²) in [5.74, 6) is 1.91.